The maximum atomic E-state index is 12.1. The van der Waals surface area contributed by atoms with Gasteiger partial charge in [-0.3, -0.25) is 4.68 Å². The molecule has 0 aliphatic carbocycles. The Kier molecular flexibility index (Phi) is 5.33. The van der Waals surface area contributed by atoms with Crippen LogP contribution in [0.2, 0.25) is 0 Å². The van der Waals surface area contributed by atoms with Gasteiger partial charge in [0.05, 0.1) is 24.6 Å². The zero-order valence-corrected chi connectivity index (χ0v) is 15.4. The molecule has 2 aromatic heterocycles. The molecule has 1 saturated heterocycles. The number of hydrogen-bond acceptors (Lipinski definition) is 7. The van der Waals surface area contributed by atoms with Gasteiger partial charge in [0.1, 0.15) is 4.90 Å². The van der Waals surface area contributed by atoms with E-state index in [-0.39, 0.29) is 10.8 Å². The molecule has 0 radical (unpaired) electrons. The molecule has 0 spiro atoms. The number of nitrogens with zero attached hydrogens (tertiary/aromatic N) is 4. The SMILES string of the molecule is Cc1cnn(CCNc2ncc(S(C)(=O)=O)c([C@H]3CCCNC3)n2)c1. The van der Waals surface area contributed by atoms with Crippen LogP contribution in [0.25, 0.3) is 0 Å². The van der Waals surface area contributed by atoms with Crippen LogP contribution in [0.1, 0.15) is 30.0 Å². The molecule has 9 heteroatoms. The first-order chi connectivity index (χ1) is 11.9. The molecule has 3 heterocycles. The minimum atomic E-state index is -3.35. The number of nitrogens with one attached hydrogen (secondary N) is 2. The minimum absolute atomic E-state index is 0.0933. The quantitative estimate of drug-likeness (QED) is 0.787. The van der Waals surface area contributed by atoms with Crippen LogP contribution in [-0.2, 0) is 16.4 Å². The van der Waals surface area contributed by atoms with Gasteiger partial charge in [0, 0.05) is 31.5 Å². The highest BCUT2D eigenvalue weighted by atomic mass is 32.2. The molecule has 0 aromatic carbocycles. The van der Waals surface area contributed by atoms with Gasteiger partial charge in [-0.1, -0.05) is 0 Å². The van der Waals surface area contributed by atoms with Gasteiger partial charge in [0.2, 0.25) is 5.95 Å². The number of aryl methyl sites for hydroxylation is 1. The Morgan fingerprint density at radius 1 is 1.40 bits per heavy atom. The van der Waals surface area contributed by atoms with Crippen molar-refractivity contribution < 1.29 is 8.42 Å². The number of sulfone groups is 1. The van der Waals surface area contributed by atoms with Crippen LogP contribution in [-0.4, -0.2) is 54.1 Å². The van der Waals surface area contributed by atoms with Crippen molar-refractivity contribution >= 4 is 15.8 Å². The Morgan fingerprint density at radius 2 is 2.24 bits per heavy atom. The molecule has 0 bridgehead atoms. The molecule has 1 aliphatic rings. The first kappa shape index (κ1) is 17.8. The van der Waals surface area contributed by atoms with Crippen LogP contribution in [0, 0.1) is 6.92 Å². The van der Waals surface area contributed by atoms with Gasteiger partial charge in [0.25, 0.3) is 0 Å². The number of aromatic nitrogens is 4. The Labute approximate surface area is 148 Å². The highest BCUT2D eigenvalue weighted by Crippen LogP contribution is 2.27. The smallest absolute Gasteiger partial charge is 0.223 e. The first-order valence-corrected chi connectivity index (χ1v) is 10.3. The second kappa shape index (κ2) is 7.49. The largest absolute Gasteiger partial charge is 0.352 e. The maximum Gasteiger partial charge on any atom is 0.223 e. The Balaban J connectivity index is 1.76. The van der Waals surface area contributed by atoms with E-state index in [4.69, 9.17) is 0 Å². The third-order valence-electron chi connectivity index (χ3n) is 4.25. The first-order valence-electron chi connectivity index (χ1n) is 8.44. The second-order valence-electron chi connectivity index (χ2n) is 6.47. The van der Waals surface area contributed by atoms with Gasteiger partial charge in [0.15, 0.2) is 9.84 Å². The van der Waals surface area contributed by atoms with Gasteiger partial charge >= 0.3 is 0 Å². The van der Waals surface area contributed by atoms with Crippen LogP contribution < -0.4 is 10.6 Å². The van der Waals surface area contributed by atoms with Crippen LogP contribution in [0.3, 0.4) is 0 Å². The summed E-state index contributed by atoms with van der Waals surface area (Å²) in [6.07, 6.45) is 8.35. The fourth-order valence-electron chi connectivity index (χ4n) is 3.00. The van der Waals surface area contributed by atoms with E-state index < -0.39 is 9.84 Å². The molecule has 0 saturated carbocycles. The number of anilines is 1. The van der Waals surface area contributed by atoms with E-state index in [2.05, 4.69) is 25.7 Å². The summed E-state index contributed by atoms with van der Waals surface area (Å²) in [6, 6.07) is 0. The van der Waals surface area contributed by atoms with E-state index >= 15 is 0 Å². The summed E-state index contributed by atoms with van der Waals surface area (Å²) >= 11 is 0. The third kappa shape index (κ3) is 4.55. The van der Waals surface area contributed by atoms with E-state index in [1.54, 1.807) is 0 Å². The number of piperidine rings is 1. The van der Waals surface area contributed by atoms with Crippen LogP contribution in [0.4, 0.5) is 5.95 Å². The molecule has 0 amide bonds. The normalized spacial score (nSPS) is 18.2. The Bertz CT molecular complexity index is 827. The van der Waals surface area contributed by atoms with Crippen molar-refractivity contribution in [2.75, 3.05) is 31.2 Å². The van der Waals surface area contributed by atoms with Crippen molar-refractivity contribution in [1.82, 2.24) is 25.1 Å². The molecule has 1 atom stereocenters. The maximum absolute atomic E-state index is 12.1. The van der Waals surface area contributed by atoms with Gasteiger partial charge in [-0.2, -0.15) is 5.10 Å². The van der Waals surface area contributed by atoms with E-state index in [1.807, 2.05) is 24.0 Å². The molecule has 1 aliphatic heterocycles. The van der Waals surface area contributed by atoms with E-state index in [9.17, 15) is 8.42 Å². The average molecular weight is 364 g/mol. The monoisotopic (exact) mass is 364 g/mol. The summed E-state index contributed by atoms with van der Waals surface area (Å²) in [5.41, 5.74) is 1.72. The van der Waals surface area contributed by atoms with Crippen molar-refractivity contribution in [1.29, 1.82) is 0 Å². The molecule has 2 N–H and O–H groups in total. The van der Waals surface area contributed by atoms with Crippen molar-refractivity contribution in [2.45, 2.75) is 37.1 Å². The predicted molar refractivity (Wildman–Crippen MR) is 95.4 cm³/mol. The number of rotatable bonds is 6. The Hall–Kier alpha value is -2.00. The highest BCUT2D eigenvalue weighted by molar-refractivity contribution is 7.90. The summed E-state index contributed by atoms with van der Waals surface area (Å²) in [6.45, 7) is 5.00. The van der Waals surface area contributed by atoms with Crippen LogP contribution in [0.15, 0.2) is 23.5 Å². The summed E-state index contributed by atoms with van der Waals surface area (Å²) in [5, 5.41) is 10.7. The van der Waals surface area contributed by atoms with Crippen molar-refractivity contribution in [3.8, 4) is 0 Å². The highest BCUT2D eigenvalue weighted by Gasteiger charge is 2.25. The average Bonchev–Trinajstić information content (AvgIpc) is 3.00. The van der Waals surface area contributed by atoms with Gasteiger partial charge < -0.3 is 10.6 Å². The van der Waals surface area contributed by atoms with E-state index in [0.717, 1.165) is 31.5 Å². The molecule has 136 valence electrons. The summed E-state index contributed by atoms with van der Waals surface area (Å²) in [4.78, 5) is 8.94. The molecule has 8 nitrogen and oxygen atoms in total. The lowest BCUT2D eigenvalue weighted by molar-refractivity contribution is 0.448. The summed E-state index contributed by atoms with van der Waals surface area (Å²) in [7, 11) is -3.35. The lowest BCUT2D eigenvalue weighted by Crippen LogP contribution is -2.30. The van der Waals surface area contributed by atoms with E-state index in [0.29, 0.717) is 24.7 Å². The molecule has 3 rings (SSSR count). The standard InChI is InChI=1S/C16H24N6O2S/c1-12-8-20-22(11-12)7-6-18-16-19-10-14(25(2,23)24)15(21-16)13-4-3-5-17-9-13/h8,10-11,13,17H,3-7,9H2,1-2H3,(H,18,19,21)/t13-/m0/s1. The third-order valence-corrected chi connectivity index (χ3v) is 5.37. The predicted octanol–water partition coefficient (Wildman–Crippen LogP) is 0.964. The van der Waals surface area contributed by atoms with E-state index in [1.165, 1.54) is 12.5 Å². The molecule has 0 unspecified atom stereocenters. The van der Waals surface area contributed by atoms with Crippen molar-refractivity contribution in [3.05, 3.63) is 29.8 Å². The zero-order valence-electron chi connectivity index (χ0n) is 14.6. The molecule has 2 aromatic rings. The van der Waals surface area contributed by atoms with Gasteiger partial charge in [-0.05, 0) is 31.9 Å². The second-order valence-corrected chi connectivity index (χ2v) is 8.45. The molecule has 25 heavy (non-hydrogen) atoms. The van der Waals surface area contributed by atoms with Crippen molar-refractivity contribution in [2.24, 2.45) is 0 Å². The molecular weight excluding hydrogens is 340 g/mol. The topological polar surface area (TPSA) is 102 Å². The summed E-state index contributed by atoms with van der Waals surface area (Å²) in [5.74, 6) is 0.549. The Morgan fingerprint density at radius 3 is 2.88 bits per heavy atom. The number of hydrogen-bond donors (Lipinski definition) is 2. The molecule has 1 fully saturated rings. The van der Waals surface area contributed by atoms with Crippen LogP contribution in [0.5, 0.6) is 0 Å². The van der Waals surface area contributed by atoms with Gasteiger partial charge in [-0.25, -0.2) is 18.4 Å². The van der Waals surface area contributed by atoms with Crippen molar-refractivity contribution in [3.63, 3.8) is 0 Å². The zero-order chi connectivity index (χ0) is 17.9. The lowest BCUT2D eigenvalue weighted by atomic mass is 9.96. The van der Waals surface area contributed by atoms with Crippen LogP contribution >= 0.6 is 0 Å². The lowest BCUT2D eigenvalue weighted by Gasteiger charge is -2.24. The minimum Gasteiger partial charge on any atom is -0.352 e. The summed E-state index contributed by atoms with van der Waals surface area (Å²) < 4.78 is 26.0. The van der Waals surface area contributed by atoms with Gasteiger partial charge in [-0.15, -0.1) is 0 Å². The fraction of sp³-hybridized carbons (Fsp3) is 0.562. The molecular formula is C16H24N6O2S. The fourth-order valence-corrected chi connectivity index (χ4v) is 3.84.